The Morgan fingerprint density at radius 1 is 1.22 bits per heavy atom. The number of para-hydroxylation sites is 2. The van der Waals surface area contributed by atoms with Crippen LogP contribution in [0.25, 0.3) is 11.3 Å². The standard InChI is InChI=1S/C22H22N2O7S/c1-4-29-22(25)16-12-20(31-23-16)15-9-10-19(28-3)21(11-15)32(26,27)24-13-14(2)30-18-8-6-5-7-17(18)24/h5-12,14H,4,13H2,1-3H3. The molecule has 32 heavy (non-hydrogen) atoms. The van der Waals surface area contributed by atoms with Crippen LogP contribution in [0, 0.1) is 0 Å². The second kappa shape index (κ2) is 8.54. The van der Waals surface area contributed by atoms with Gasteiger partial charge in [0.1, 0.15) is 22.5 Å². The Balaban J connectivity index is 1.78. The predicted molar refractivity (Wildman–Crippen MR) is 116 cm³/mol. The highest BCUT2D eigenvalue weighted by atomic mass is 32.2. The molecule has 10 heteroatoms. The Hall–Kier alpha value is -3.53. The van der Waals surface area contributed by atoms with Gasteiger partial charge in [0.05, 0.1) is 25.9 Å². The average molecular weight is 458 g/mol. The Labute approximate surface area is 185 Å². The Bertz CT molecular complexity index is 1250. The third-order valence-corrected chi connectivity index (χ3v) is 6.70. The maximum absolute atomic E-state index is 13.7. The van der Waals surface area contributed by atoms with Crippen LogP contribution in [0.15, 0.2) is 57.9 Å². The molecule has 0 fully saturated rings. The summed E-state index contributed by atoms with van der Waals surface area (Å²) in [6.45, 7) is 3.83. The molecular formula is C22H22N2O7S. The molecule has 0 saturated heterocycles. The van der Waals surface area contributed by atoms with Gasteiger partial charge in [-0.25, -0.2) is 13.2 Å². The number of benzene rings is 2. The lowest BCUT2D eigenvalue weighted by Gasteiger charge is -2.34. The summed E-state index contributed by atoms with van der Waals surface area (Å²) in [4.78, 5) is 11.8. The smallest absolute Gasteiger partial charge is 0.360 e. The van der Waals surface area contributed by atoms with Crippen molar-refractivity contribution in [3.05, 3.63) is 54.2 Å². The molecule has 4 rings (SSSR count). The molecule has 9 nitrogen and oxygen atoms in total. The number of hydrogen-bond donors (Lipinski definition) is 0. The van der Waals surface area contributed by atoms with E-state index in [9.17, 15) is 13.2 Å². The molecule has 3 aromatic rings. The normalized spacial score (nSPS) is 15.6. The van der Waals surface area contributed by atoms with Crippen molar-refractivity contribution < 1.29 is 31.9 Å². The number of nitrogens with zero attached hydrogens (tertiary/aromatic N) is 2. The van der Waals surface area contributed by atoms with Crippen LogP contribution >= 0.6 is 0 Å². The molecule has 1 atom stereocenters. The minimum absolute atomic E-state index is 0.00185. The van der Waals surface area contributed by atoms with Crippen molar-refractivity contribution in [3.63, 3.8) is 0 Å². The first-order valence-electron chi connectivity index (χ1n) is 9.95. The quantitative estimate of drug-likeness (QED) is 0.517. The zero-order valence-corrected chi connectivity index (χ0v) is 18.6. The second-order valence-corrected chi connectivity index (χ2v) is 8.93. The Kier molecular flexibility index (Phi) is 5.79. The number of aromatic nitrogens is 1. The fourth-order valence-electron chi connectivity index (χ4n) is 3.44. The average Bonchev–Trinajstić information content (AvgIpc) is 3.28. The molecule has 2 aromatic carbocycles. The summed E-state index contributed by atoms with van der Waals surface area (Å²) in [6, 6.07) is 13.0. The molecule has 0 spiro atoms. The zero-order valence-electron chi connectivity index (χ0n) is 17.8. The molecule has 0 bridgehead atoms. The van der Waals surface area contributed by atoms with E-state index < -0.39 is 16.0 Å². The molecule has 1 aliphatic heterocycles. The van der Waals surface area contributed by atoms with Gasteiger partial charge < -0.3 is 18.7 Å². The van der Waals surface area contributed by atoms with E-state index in [1.165, 1.54) is 29.6 Å². The molecule has 168 valence electrons. The van der Waals surface area contributed by atoms with Gasteiger partial charge in [-0.15, -0.1) is 0 Å². The summed E-state index contributed by atoms with van der Waals surface area (Å²) in [5.74, 6) is 0.264. The second-order valence-electron chi connectivity index (χ2n) is 7.09. The van der Waals surface area contributed by atoms with E-state index in [2.05, 4.69) is 5.16 Å². The van der Waals surface area contributed by atoms with Gasteiger partial charge in [-0.1, -0.05) is 17.3 Å². The fraction of sp³-hybridized carbons (Fsp3) is 0.273. The van der Waals surface area contributed by atoms with E-state index in [4.69, 9.17) is 18.7 Å². The van der Waals surface area contributed by atoms with Crippen LogP contribution in [-0.2, 0) is 14.8 Å². The maximum Gasteiger partial charge on any atom is 0.360 e. The van der Waals surface area contributed by atoms with E-state index in [1.54, 1.807) is 44.2 Å². The lowest BCUT2D eigenvalue weighted by molar-refractivity contribution is 0.0514. The van der Waals surface area contributed by atoms with Gasteiger partial charge in [0, 0.05) is 11.6 Å². The van der Waals surface area contributed by atoms with Crippen molar-refractivity contribution in [2.45, 2.75) is 24.8 Å². The number of anilines is 1. The molecule has 0 radical (unpaired) electrons. The number of sulfonamides is 1. The van der Waals surface area contributed by atoms with Crippen molar-refractivity contribution in [2.24, 2.45) is 0 Å². The first kappa shape index (κ1) is 21.7. The lowest BCUT2D eigenvalue weighted by Crippen LogP contribution is -2.42. The minimum Gasteiger partial charge on any atom is -0.495 e. The van der Waals surface area contributed by atoms with Crippen LogP contribution in [0.4, 0.5) is 5.69 Å². The number of fused-ring (bicyclic) bond motifs is 1. The third kappa shape index (κ3) is 3.89. The van der Waals surface area contributed by atoms with Gasteiger partial charge >= 0.3 is 5.97 Å². The van der Waals surface area contributed by atoms with Gasteiger partial charge in [-0.05, 0) is 44.2 Å². The highest BCUT2D eigenvalue weighted by Gasteiger charge is 2.35. The first-order valence-corrected chi connectivity index (χ1v) is 11.4. The topological polar surface area (TPSA) is 108 Å². The molecule has 0 saturated carbocycles. The van der Waals surface area contributed by atoms with E-state index in [1.807, 2.05) is 0 Å². The van der Waals surface area contributed by atoms with Crippen LogP contribution in [0.3, 0.4) is 0 Å². The number of carbonyl (C=O) groups excluding carboxylic acids is 1. The summed E-state index contributed by atoms with van der Waals surface area (Å²) < 4.78 is 50.1. The van der Waals surface area contributed by atoms with Crippen molar-refractivity contribution >= 4 is 21.7 Å². The Morgan fingerprint density at radius 3 is 2.75 bits per heavy atom. The summed E-state index contributed by atoms with van der Waals surface area (Å²) in [5, 5.41) is 3.72. The van der Waals surface area contributed by atoms with Crippen LogP contribution in [-0.4, -0.2) is 45.9 Å². The van der Waals surface area contributed by atoms with Crippen LogP contribution < -0.4 is 13.8 Å². The Morgan fingerprint density at radius 2 is 2.00 bits per heavy atom. The molecule has 0 aliphatic carbocycles. The number of esters is 1. The van der Waals surface area contributed by atoms with Crippen molar-refractivity contribution in [1.82, 2.24) is 5.16 Å². The molecule has 0 N–H and O–H groups in total. The number of carbonyl (C=O) groups is 1. The number of rotatable bonds is 6. The van der Waals surface area contributed by atoms with Gasteiger partial charge in [-0.2, -0.15) is 0 Å². The predicted octanol–water partition coefficient (Wildman–Crippen LogP) is 3.50. The molecule has 1 aliphatic rings. The van der Waals surface area contributed by atoms with Crippen molar-refractivity contribution in [2.75, 3.05) is 24.6 Å². The van der Waals surface area contributed by atoms with Crippen LogP contribution in [0.5, 0.6) is 11.5 Å². The fourth-order valence-corrected chi connectivity index (χ4v) is 5.17. The van der Waals surface area contributed by atoms with E-state index in [0.29, 0.717) is 17.0 Å². The first-order chi connectivity index (χ1) is 15.3. The van der Waals surface area contributed by atoms with Crippen LogP contribution in [0.2, 0.25) is 0 Å². The minimum atomic E-state index is -4.03. The highest BCUT2D eigenvalue weighted by Crippen LogP contribution is 2.39. The molecule has 2 heterocycles. The maximum atomic E-state index is 13.7. The van der Waals surface area contributed by atoms with Crippen molar-refractivity contribution in [1.29, 1.82) is 0 Å². The van der Waals surface area contributed by atoms with E-state index in [-0.39, 0.29) is 41.4 Å². The van der Waals surface area contributed by atoms with Gasteiger partial charge in [-0.3, -0.25) is 4.31 Å². The van der Waals surface area contributed by atoms with Gasteiger partial charge in [0.2, 0.25) is 0 Å². The summed E-state index contributed by atoms with van der Waals surface area (Å²) in [6.07, 6.45) is -0.338. The third-order valence-electron chi connectivity index (χ3n) is 4.90. The van der Waals surface area contributed by atoms with E-state index >= 15 is 0 Å². The monoisotopic (exact) mass is 458 g/mol. The zero-order chi connectivity index (χ0) is 22.9. The molecule has 0 amide bonds. The van der Waals surface area contributed by atoms with Crippen LogP contribution in [0.1, 0.15) is 24.3 Å². The lowest BCUT2D eigenvalue weighted by atomic mass is 10.1. The number of ether oxygens (including phenoxy) is 3. The summed E-state index contributed by atoms with van der Waals surface area (Å²) >= 11 is 0. The molecular weight excluding hydrogens is 436 g/mol. The SMILES string of the molecule is CCOC(=O)c1cc(-c2ccc(OC)c(S(=O)(=O)N3CC(C)Oc4ccccc43)c2)on1. The van der Waals surface area contributed by atoms with Gasteiger partial charge in [0.25, 0.3) is 10.0 Å². The molecule has 1 unspecified atom stereocenters. The van der Waals surface area contributed by atoms with Crippen molar-refractivity contribution in [3.8, 4) is 22.8 Å². The highest BCUT2D eigenvalue weighted by molar-refractivity contribution is 7.93. The van der Waals surface area contributed by atoms with Gasteiger partial charge in [0.15, 0.2) is 11.5 Å². The largest absolute Gasteiger partial charge is 0.495 e. The van der Waals surface area contributed by atoms with E-state index in [0.717, 1.165) is 0 Å². The summed E-state index contributed by atoms with van der Waals surface area (Å²) in [7, 11) is -2.63. The number of methoxy groups -OCH3 is 1. The summed E-state index contributed by atoms with van der Waals surface area (Å²) in [5.41, 5.74) is 0.863. The molecule has 1 aromatic heterocycles. The number of hydrogen-bond acceptors (Lipinski definition) is 8.